The molecule has 1 atom stereocenters. The van der Waals surface area contributed by atoms with Crippen molar-refractivity contribution >= 4 is 5.97 Å². The summed E-state index contributed by atoms with van der Waals surface area (Å²) in [5.74, 6) is -0.707. The Morgan fingerprint density at radius 2 is 2.13 bits per heavy atom. The Balaban J connectivity index is 2.40. The van der Waals surface area contributed by atoms with Crippen LogP contribution in [0.5, 0.6) is 0 Å². The number of carbonyl (C=O) groups is 1. The molecular weight excluding hydrogens is 194 g/mol. The number of benzene rings is 1. The molecule has 1 aromatic carbocycles. The van der Waals surface area contributed by atoms with E-state index in [0.717, 1.165) is 5.56 Å². The summed E-state index contributed by atoms with van der Waals surface area (Å²) in [6, 6.07) is 10.8. The predicted molar refractivity (Wildman–Crippen MR) is 52.5 cm³/mol. The molecule has 0 aliphatic carbocycles. The van der Waals surface area contributed by atoms with E-state index in [2.05, 4.69) is 4.74 Å². The van der Waals surface area contributed by atoms with Crippen LogP contribution in [0.25, 0.3) is 0 Å². The molecular formula is C11H11NO3. The molecule has 4 nitrogen and oxygen atoms in total. The fourth-order valence-electron chi connectivity index (χ4n) is 1.12. The topological polar surface area (TPSA) is 70.3 Å². The van der Waals surface area contributed by atoms with Crippen LogP contribution in [-0.4, -0.2) is 17.4 Å². The molecule has 0 saturated carbocycles. The zero-order valence-electron chi connectivity index (χ0n) is 8.09. The highest BCUT2D eigenvalue weighted by Crippen LogP contribution is 2.04. The van der Waals surface area contributed by atoms with Gasteiger partial charge in [0.1, 0.15) is 6.42 Å². The van der Waals surface area contributed by atoms with Crippen molar-refractivity contribution in [2.75, 3.05) is 0 Å². The van der Waals surface area contributed by atoms with Crippen LogP contribution in [0.1, 0.15) is 12.0 Å². The molecule has 0 aliphatic rings. The van der Waals surface area contributed by atoms with Gasteiger partial charge in [-0.1, -0.05) is 30.3 Å². The van der Waals surface area contributed by atoms with Crippen molar-refractivity contribution in [3.8, 4) is 6.07 Å². The number of nitriles is 1. The van der Waals surface area contributed by atoms with Crippen LogP contribution in [-0.2, 0) is 16.0 Å². The van der Waals surface area contributed by atoms with E-state index >= 15 is 0 Å². The standard InChI is InChI=1S/C11H11NO3/c12-7-6-10(13)15-11(14)8-9-4-2-1-3-5-9/h1-5,11,14H,6,8H2. The first-order valence-corrected chi connectivity index (χ1v) is 4.51. The molecule has 1 rings (SSSR count). The normalized spacial score (nSPS) is 11.5. The van der Waals surface area contributed by atoms with Crippen LogP contribution in [0.2, 0.25) is 0 Å². The lowest BCUT2D eigenvalue weighted by Gasteiger charge is -2.10. The molecule has 0 aliphatic heterocycles. The number of aliphatic hydroxyl groups is 1. The molecule has 78 valence electrons. The summed E-state index contributed by atoms with van der Waals surface area (Å²) in [5, 5.41) is 17.6. The second-order valence-corrected chi connectivity index (χ2v) is 2.97. The first-order valence-electron chi connectivity index (χ1n) is 4.51. The molecule has 1 aromatic rings. The molecule has 0 heterocycles. The third-order valence-corrected chi connectivity index (χ3v) is 1.74. The minimum atomic E-state index is -1.19. The molecule has 0 saturated heterocycles. The lowest BCUT2D eigenvalue weighted by molar-refractivity contribution is -0.166. The number of rotatable bonds is 4. The van der Waals surface area contributed by atoms with Crippen molar-refractivity contribution < 1.29 is 14.6 Å². The summed E-state index contributed by atoms with van der Waals surface area (Å²) in [4.78, 5) is 10.8. The number of hydrogen-bond donors (Lipinski definition) is 1. The van der Waals surface area contributed by atoms with Crippen molar-refractivity contribution in [1.29, 1.82) is 5.26 Å². The zero-order valence-corrected chi connectivity index (χ0v) is 8.09. The van der Waals surface area contributed by atoms with Crippen molar-refractivity contribution in [3.05, 3.63) is 35.9 Å². The first-order chi connectivity index (χ1) is 7.22. The molecule has 0 fully saturated rings. The number of esters is 1. The van der Waals surface area contributed by atoms with E-state index in [1.165, 1.54) is 0 Å². The maximum atomic E-state index is 10.8. The fourth-order valence-corrected chi connectivity index (χ4v) is 1.12. The van der Waals surface area contributed by atoms with Crippen LogP contribution in [0.4, 0.5) is 0 Å². The molecule has 0 aromatic heterocycles. The van der Waals surface area contributed by atoms with Gasteiger partial charge in [0.15, 0.2) is 0 Å². The van der Waals surface area contributed by atoms with Crippen LogP contribution < -0.4 is 0 Å². The third kappa shape index (κ3) is 4.25. The van der Waals surface area contributed by atoms with Gasteiger partial charge in [0.2, 0.25) is 6.29 Å². The summed E-state index contributed by atoms with van der Waals surface area (Å²) in [7, 11) is 0. The van der Waals surface area contributed by atoms with Crippen LogP contribution in [0.3, 0.4) is 0 Å². The zero-order chi connectivity index (χ0) is 11.1. The van der Waals surface area contributed by atoms with Gasteiger partial charge in [-0.25, -0.2) is 0 Å². The van der Waals surface area contributed by atoms with E-state index < -0.39 is 12.3 Å². The summed E-state index contributed by atoms with van der Waals surface area (Å²) in [6.07, 6.45) is -1.29. The average molecular weight is 205 g/mol. The van der Waals surface area contributed by atoms with Gasteiger partial charge in [-0.2, -0.15) is 5.26 Å². The minimum absolute atomic E-state index is 0.234. The van der Waals surface area contributed by atoms with E-state index in [1.54, 1.807) is 6.07 Å². The molecule has 0 bridgehead atoms. The second-order valence-electron chi connectivity index (χ2n) is 2.97. The number of nitrogens with zero attached hydrogens (tertiary/aromatic N) is 1. The van der Waals surface area contributed by atoms with Gasteiger partial charge in [-0.15, -0.1) is 0 Å². The Kier molecular flexibility index (Phi) is 4.32. The van der Waals surface area contributed by atoms with Crippen LogP contribution in [0, 0.1) is 11.3 Å². The molecule has 1 unspecified atom stereocenters. The number of carbonyl (C=O) groups excluding carboxylic acids is 1. The largest absolute Gasteiger partial charge is 0.435 e. The van der Waals surface area contributed by atoms with Gasteiger partial charge in [0.05, 0.1) is 6.07 Å². The highest BCUT2D eigenvalue weighted by molar-refractivity contribution is 5.71. The van der Waals surface area contributed by atoms with Crippen LogP contribution >= 0.6 is 0 Å². The lowest BCUT2D eigenvalue weighted by atomic mass is 10.1. The summed E-state index contributed by atoms with van der Waals surface area (Å²) < 4.78 is 4.59. The van der Waals surface area contributed by atoms with E-state index in [-0.39, 0.29) is 12.8 Å². The first kappa shape index (κ1) is 11.2. The van der Waals surface area contributed by atoms with Gasteiger partial charge < -0.3 is 9.84 Å². The quantitative estimate of drug-likeness (QED) is 0.588. The molecule has 0 radical (unpaired) electrons. The summed E-state index contributed by atoms with van der Waals surface area (Å²) in [5.41, 5.74) is 0.870. The van der Waals surface area contributed by atoms with Crippen LogP contribution in [0.15, 0.2) is 30.3 Å². The minimum Gasteiger partial charge on any atom is -0.435 e. The van der Waals surface area contributed by atoms with Crippen molar-refractivity contribution in [3.63, 3.8) is 0 Å². The molecule has 0 spiro atoms. The number of hydrogen-bond acceptors (Lipinski definition) is 4. The summed E-state index contributed by atoms with van der Waals surface area (Å²) >= 11 is 0. The van der Waals surface area contributed by atoms with E-state index in [1.807, 2.05) is 30.3 Å². The van der Waals surface area contributed by atoms with Gasteiger partial charge in [-0.3, -0.25) is 4.79 Å². The number of aliphatic hydroxyl groups excluding tert-OH is 1. The average Bonchev–Trinajstić information content (AvgIpc) is 2.19. The fraction of sp³-hybridized carbons (Fsp3) is 0.273. The van der Waals surface area contributed by atoms with Gasteiger partial charge in [0, 0.05) is 6.42 Å². The monoisotopic (exact) mass is 205 g/mol. The second kappa shape index (κ2) is 5.78. The highest BCUT2D eigenvalue weighted by atomic mass is 16.6. The maximum Gasteiger partial charge on any atom is 0.322 e. The smallest absolute Gasteiger partial charge is 0.322 e. The highest BCUT2D eigenvalue weighted by Gasteiger charge is 2.10. The molecule has 4 heteroatoms. The van der Waals surface area contributed by atoms with Gasteiger partial charge in [0.25, 0.3) is 0 Å². The third-order valence-electron chi connectivity index (χ3n) is 1.74. The Hall–Kier alpha value is -1.86. The van der Waals surface area contributed by atoms with Gasteiger partial charge >= 0.3 is 5.97 Å². The van der Waals surface area contributed by atoms with Crippen molar-refractivity contribution in [2.24, 2.45) is 0 Å². The van der Waals surface area contributed by atoms with E-state index in [0.29, 0.717) is 0 Å². The SMILES string of the molecule is N#CCC(=O)OC(O)Cc1ccccc1. The number of ether oxygens (including phenoxy) is 1. The molecule has 15 heavy (non-hydrogen) atoms. The summed E-state index contributed by atoms with van der Waals surface area (Å²) in [6.45, 7) is 0. The molecule has 1 N–H and O–H groups in total. The Morgan fingerprint density at radius 3 is 2.73 bits per heavy atom. The Morgan fingerprint density at radius 1 is 1.47 bits per heavy atom. The van der Waals surface area contributed by atoms with E-state index in [4.69, 9.17) is 5.26 Å². The lowest BCUT2D eigenvalue weighted by Crippen LogP contribution is -2.19. The predicted octanol–water partition coefficient (Wildman–Crippen LogP) is 1.00. The van der Waals surface area contributed by atoms with Crippen molar-refractivity contribution in [1.82, 2.24) is 0 Å². The maximum absolute atomic E-state index is 10.8. The van der Waals surface area contributed by atoms with Gasteiger partial charge in [-0.05, 0) is 5.56 Å². The Bertz CT molecular complexity index is 356. The molecule has 0 amide bonds. The Labute approximate surface area is 87.7 Å². The van der Waals surface area contributed by atoms with Crippen molar-refractivity contribution in [2.45, 2.75) is 19.1 Å². The van der Waals surface area contributed by atoms with E-state index in [9.17, 15) is 9.90 Å².